The van der Waals surface area contributed by atoms with E-state index in [4.69, 9.17) is 10.00 Å². The second-order valence-electron chi connectivity index (χ2n) is 3.78. The van der Waals surface area contributed by atoms with Gasteiger partial charge >= 0.3 is 0 Å². The van der Waals surface area contributed by atoms with E-state index in [-0.39, 0.29) is 24.6 Å². The molecule has 1 aromatic rings. The molecule has 96 valence electrons. The number of hydrogen-bond acceptors (Lipinski definition) is 3. The van der Waals surface area contributed by atoms with Gasteiger partial charge in [-0.25, -0.2) is 4.39 Å². The first-order chi connectivity index (χ1) is 8.58. The Morgan fingerprint density at radius 3 is 2.83 bits per heavy atom. The highest BCUT2D eigenvalue weighted by Gasteiger charge is 2.10. The summed E-state index contributed by atoms with van der Waals surface area (Å²) in [6.07, 6.45) is -0.171. The summed E-state index contributed by atoms with van der Waals surface area (Å²) in [5, 5.41) is 8.42. The maximum absolute atomic E-state index is 13.6. The van der Waals surface area contributed by atoms with Crippen molar-refractivity contribution in [3.05, 3.63) is 29.6 Å². The third-order valence-electron chi connectivity index (χ3n) is 2.37. The molecule has 0 spiro atoms. The highest BCUT2D eigenvalue weighted by molar-refractivity contribution is 5.77. The molecule has 5 heteroatoms. The number of carbonyl (C=O) groups excluding carboxylic acids is 1. The summed E-state index contributed by atoms with van der Waals surface area (Å²) < 4.78 is 18.6. The molecule has 1 amide bonds. The van der Waals surface area contributed by atoms with E-state index in [1.54, 1.807) is 26.1 Å². The van der Waals surface area contributed by atoms with Gasteiger partial charge in [-0.05, 0) is 24.6 Å². The van der Waals surface area contributed by atoms with Crippen LogP contribution in [0.4, 0.5) is 4.39 Å². The van der Waals surface area contributed by atoms with Crippen LogP contribution in [0.3, 0.4) is 0 Å². The molecule has 0 heterocycles. The van der Waals surface area contributed by atoms with Gasteiger partial charge in [0.05, 0.1) is 12.7 Å². The fraction of sp³-hybridized carbons (Fsp3) is 0.385. The zero-order valence-electron chi connectivity index (χ0n) is 10.4. The topological polar surface area (TPSA) is 53.3 Å². The fourth-order valence-electron chi connectivity index (χ4n) is 1.48. The molecule has 0 saturated carbocycles. The maximum atomic E-state index is 13.6. The molecule has 0 fully saturated rings. The molecule has 18 heavy (non-hydrogen) atoms. The number of ether oxygens (including phenoxy) is 1. The van der Waals surface area contributed by atoms with E-state index in [1.807, 2.05) is 0 Å². The molecule has 0 unspecified atom stereocenters. The van der Waals surface area contributed by atoms with Gasteiger partial charge < -0.3 is 9.64 Å². The summed E-state index contributed by atoms with van der Waals surface area (Å²) in [4.78, 5) is 12.8. The van der Waals surface area contributed by atoms with Crippen molar-refractivity contribution in [2.75, 3.05) is 13.7 Å². The molecule has 0 saturated heterocycles. The van der Waals surface area contributed by atoms with Crippen LogP contribution in [-0.4, -0.2) is 24.5 Å². The molecule has 4 nitrogen and oxygen atoms in total. The van der Waals surface area contributed by atoms with Crippen molar-refractivity contribution in [3.8, 4) is 11.8 Å². The molecule has 0 aliphatic heterocycles. The van der Waals surface area contributed by atoms with Gasteiger partial charge in [0.15, 0.2) is 11.6 Å². The lowest BCUT2D eigenvalue weighted by molar-refractivity contribution is -0.129. The van der Waals surface area contributed by atoms with Gasteiger partial charge in [-0.3, -0.25) is 4.79 Å². The zero-order valence-corrected chi connectivity index (χ0v) is 10.4. The van der Waals surface area contributed by atoms with Crippen LogP contribution in [-0.2, 0) is 11.3 Å². The van der Waals surface area contributed by atoms with E-state index in [2.05, 4.69) is 0 Å². The van der Waals surface area contributed by atoms with Crippen LogP contribution < -0.4 is 4.74 Å². The van der Waals surface area contributed by atoms with Gasteiger partial charge in [-0.2, -0.15) is 5.26 Å². The lowest BCUT2D eigenvalue weighted by Crippen LogP contribution is -2.25. The smallest absolute Gasteiger partial charge is 0.236 e. The summed E-state index contributed by atoms with van der Waals surface area (Å²) >= 11 is 0. The van der Waals surface area contributed by atoms with Crippen LogP contribution in [0.5, 0.6) is 5.75 Å². The lowest BCUT2D eigenvalue weighted by Gasteiger charge is -2.16. The molecular formula is C13H15FN2O2. The number of amides is 1. The number of carbonyl (C=O) groups is 1. The van der Waals surface area contributed by atoms with Gasteiger partial charge in [0.25, 0.3) is 0 Å². The molecule has 1 aromatic carbocycles. The van der Waals surface area contributed by atoms with Gasteiger partial charge in [-0.1, -0.05) is 6.07 Å². The van der Waals surface area contributed by atoms with Crippen LogP contribution in [0.25, 0.3) is 0 Å². The molecule has 0 radical (unpaired) electrons. The standard InChI is InChI=1S/C13H15FN2O2/c1-3-18-12-5-4-10(8-11(12)14)9-16(2)13(17)6-7-15/h4-5,8H,3,6,9H2,1-2H3. The first-order valence-electron chi connectivity index (χ1n) is 5.60. The van der Waals surface area contributed by atoms with E-state index in [0.29, 0.717) is 12.2 Å². The molecule has 0 N–H and O–H groups in total. The Hall–Kier alpha value is -2.09. The third-order valence-corrected chi connectivity index (χ3v) is 2.37. The monoisotopic (exact) mass is 250 g/mol. The largest absolute Gasteiger partial charge is 0.491 e. The number of nitriles is 1. The Bertz CT molecular complexity index is 469. The second kappa shape index (κ2) is 6.60. The minimum atomic E-state index is -0.449. The Kier molecular flexibility index (Phi) is 5.12. The van der Waals surface area contributed by atoms with Crippen molar-refractivity contribution in [2.24, 2.45) is 0 Å². The molecule has 0 aromatic heterocycles. The number of hydrogen-bond donors (Lipinski definition) is 0. The van der Waals surface area contributed by atoms with Crippen LogP contribution in [0.2, 0.25) is 0 Å². The minimum absolute atomic E-state index is 0.171. The highest BCUT2D eigenvalue weighted by atomic mass is 19.1. The first-order valence-corrected chi connectivity index (χ1v) is 5.60. The predicted molar refractivity (Wildman–Crippen MR) is 64.3 cm³/mol. The zero-order chi connectivity index (χ0) is 13.5. The summed E-state index contributed by atoms with van der Waals surface area (Å²) in [6, 6.07) is 6.36. The molecule has 0 bridgehead atoms. The van der Waals surface area contributed by atoms with Crippen molar-refractivity contribution >= 4 is 5.91 Å². The molecule has 0 aliphatic carbocycles. The second-order valence-corrected chi connectivity index (χ2v) is 3.78. The van der Waals surface area contributed by atoms with Crippen molar-refractivity contribution < 1.29 is 13.9 Å². The van der Waals surface area contributed by atoms with Crippen LogP contribution in [0.15, 0.2) is 18.2 Å². The SMILES string of the molecule is CCOc1ccc(CN(C)C(=O)CC#N)cc1F. The van der Waals surface area contributed by atoms with Gasteiger partial charge in [0.2, 0.25) is 5.91 Å². The number of halogens is 1. The van der Waals surface area contributed by atoms with Crippen molar-refractivity contribution in [3.63, 3.8) is 0 Å². The van der Waals surface area contributed by atoms with Gasteiger partial charge in [0, 0.05) is 13.6 Å². The van der Waals surface area contributed by atoms with Gasteiger partial charge in [-0.15, -0.1) is 0 Å². The third kappa shape index (κ3) is 3.74. The molecular weight excluding hydrogens is 235 g/mol. The van der Waals surface area contributed by atoms with Gasteiger partial charge in [0.1, 0.15) is 6.42 Å². The number of rotatable bonds is 5. The summed E-state index contributed by atoms with van der Waals surface area (Å²) in [6.45, 7) is 2.45. The number of benzene rings is 1. The van der Waals surface area contributed by atoms with E-state index in [9.17, 15) is 9.18 Å². The Morgan fingerprint density at radius 1 is 1.56 bits per heavy atom. The average molecular weight is 250 g/mol. The Balaban J connectivity index is 2.71. The highest BCUT2D eigenvalue weighted by Crippen LogP contribution is 2.19. The normalized spacial score (nSPS) is 9.67. The summed E-state index contributed by atoms with van der Waals surface area (Å²) in [5.74, 6) is -0.533. The maximum Gasteiger partial charge on any atom is 0.236 e. The predicted octanol–water partition coefficient (Wildman–Crippen LogP) is 2.10. The number of nitrogens with zero attached hydrogens (tertiary/aromatic N) is 2. The molecule has 1 rings (SSSR count). The summed E-state index contributed by atoms with van der Waals surface area (Å²) in [7, 11) is 1.58. The van der Waals surface area contributed by atoms with Crippen molar-refractivity contribution in [2.45, 2.75) is 19.9 Å². The van der Waals surface area contributed by atoms with E-state index in [1.165, 1.54) is 17.0 Å². The molecule has 0 atom stereocenters. The van der Waals surface area contributed by atoms with Crippen LogP contribution >= 0.6 is 0 Å². The Morgan fingerprint density at radius 2 is 2.28 bits per heavy atom. The van der Waals surface area contributed by atoms with Crippen molar-refractivity contribution in [1.29, 1.82) is 5.26 Å². The van der Waals surface area contributed by atoms with Crippen LogP contribution in [0.1, 0.15) is 18.9 Å². The van der Waals surface area contributed by atoms with E-state index < -0.39 is 5.82 Å². The van der Waals surface area contributed by atoms with Crippen LogP contribution in [0, 0.1) is 17.1 Å². The molecule has 0 aliphatic rings. The minimum Gasteiger partial charge on any atom is -0.491 e. The average Bonchev–Trinajstić information content (AvgIpc) is 2.33. The van der Waals surface area contributed by atoms with E-state index in [0.717, 1.165) is 0 Å². The summed E-state index contributed by atoms with van der Waals surface area (Å²) in [5.41, 5.74) is 0.657. The Labute approximate surface area is 106 Å². The fourth-order valence-corrected chi connectivity index (χ4v) is 1.48. The van der Waals surface area contributed by atoms with Crippen molar-refractivity contribution in [1.82, 2.24) is 4.90 Å². The van der Waals surface area contributed by atoms with E-state index >= 15 is 0 Å². The lowest BCUT2D eigenvalue weighted by atomic mass is 10.2. The first kappa shape index (κ1) is 14.0. The quantitative estimate of drug-likeness (QED) is 0.804.